The number of aromatic nitrogens is 1. The van der Waals surface area contributed by atoms with Gasteiger partial charge in [-0.2, -0.15) is 0 Å². The Morgan fingerprint density at radius 3 is 2.30 bits per heavy atom. The molecule has 37 heavy (non-hydrogen) atoms. The first kappa shape index (κ1) is 26.1. The fourth-order valence-electron chi connectivity index (χ4n) is 4.75. The number of aryl methyl sites for hydroxylation is 2. The zero-order chi connectivity index (χ0) is 26.2. The molecule has 7 heteroatoms. The van der Waals surface area contributed by atoms with Crippen LogP contribution in [-0.4, -0.2) is 28.7 Å². The zero-order valence-corrected chi connectivity index (χ0v) is 21.4. The van der Waals surface area contributed by atoms with Crippen LogP contribution in [-0.2, 0) is 14.4 Å². The third-order valence-corrected chi connectivity index (χ3v) is 6.74. The average Bonchev–Trinajstić information content (AvgIpc) is 3.41. The molecule has 0 aliphatic heterocycles. The summed E-state index contributed by atoms with van der Waals surface area (Å²) in [5.74, 6) is -0.369. The zero-order valence-electron chi connectivity index (χ0n) is 21.4. The normalized spacial score (nSPS) is 14.1. The van der Waals surface area contributed by atoms with E-state index in [-0.39, 0.29) is 36.6 Å². The number of pyridine rings is 1. The van der Waals surface area contributed by atoms with Gasteiger partial charge in [-0.25, -0.2) is 4.98 Å². The summed E-state index contributed by atoms with van der Waals surface area (Å²) in [5.41, 5.74) is 3.33. The average molecular weight is 499 g/mol. The predicted molar refractivity (Wildman–Crippen MR) is 145 cm³/mol. The molecule has 1 aromatic heterocycles. The van der Waals surface area contributed by atoms with Crippen molar-refractivity contribution in [1.82, 2.24) is 10.3 Å². The van der Waals surface area contributed by atoms with Crippen molar-refractivity contribution in [3.8, 4) is 0 Å². The summed E-state index contributed by atoms with van der Waals surface area (Å²) >= 11 is 0. The van der Waals surface area contributed by atoms with Crippen LogP contribution in [0.5, 0.6) is 0 Å². The lowest BCUT2D eigenvalue weighted by atomic mass is 9.99. The molecule has 3 amide bonds. The Kier molecular flexibility index (Phi) is 8.67. The number of nitrogens with zero attached hydrogens (tertiary/aromatic N) is 2. The molecule has 1 fully saturated rings. The first-order chi connectivity index (χ1) is 17.9. The Hall–Kier alpha value is -4.00. The molecule has 0 spiro atoms. The van der Waals surface area contributed by atoms with E-state index in [2.05, 4.69) is 15.6 Å². The number of hydrogen-bond donors (Lipinski definition) is 2. The molecule has 1 atom stereocenters. The van der Waals surface area contributed by atoms with Gasteiger partial charge in [0.15, 0.2) is 0 Å². The molecule has 1 saturated carbocycles. The van der Waals surface area contributed by atoms with E-state index in [0.717, 1.165) is 42.4 Å². The van der Waals surface area contributed by atoms with Crippen LogP contribution in [0, 0.1) is 13.8 Å². The monoisotopic (exact) mass is 498 g/mol. The Balaban J connectivity index is 1.63. The van der Waals surface area contributed by atoms with Gasteiger partial charge in [0.1, 0.15) is 11.9 Å². The number of rotatable bonds is 9. The van der Waals surface area contributed by atoms with Gasteiger partial charge in [-0.3, -0.25) is 19.3 Å². The van der Waals surface area contributed by atoms with Crippen molar-refractivity contribution in [2.75, 3.05) is 10.2 Å². The van der Waals surface area contributed by atoms with Gasteiger partial charge < -0.3 is 10.6 Å². The van der Waals surface area contributed by atoms with Crippen molar-refractivity contribution in [2.45, 2.75) is 64.5 Å². The van der Waals surface area contributed by atoms with Crippen LogP contribution in [0.4, 0.5) is 11.5 Å². The van der Waals surface area contributed by atoms with Crippen LogP contribution in [0.1, 0.15) is 61.3 Å². The summed E-state index contributed by atoms with van der Waals surface area (Å²) in [6.07, 6.45) is 5.58. The molecule has 1 aliphatic carbocycles. The summed E-state index contributed by atoms with van der Waals surface area (Å²) in [4.78, 5) is 45.9. The third-order valence-electron chi connectivity index (χ3n) is 6.74. The third kappa shape index (κ3) is 6.82. The summed E-state index contributed by atoms with van der Waals surface area (Å²) in [6.45, 7) is 3.91. The first-order valence-electron chi connectivity index (χ1n) is 12.9. The molecule has 2 N–H and O–H groups in total. The quantitative estimate of drug-likeness (QED) is 0.422. The Morgan fingerprint density at radius 1 is 0.919 bits per heavy atom. The van der Waals surface area contributed by atoms with Gasteiger partial charge >= 0.3 is 0 Å². The van der Waals surface area contributed by atoms with Gasteiger partial charge in [0, 0.05) is 30.8 Å². The summed E-state index contributed by atoms with van der Waals surface area (Å²) in [6, 6.07) is 19.7. The van der Waals surface area contributed by atoms with Gasteiger partial charge in [-0.15, -0.1) is 0 Å². The van der Waals surface area contributed by atoms with E-state index in [1.54, 1.807) is 29.3 Å². The molecule has 4 rings (SSSR count). The van der Waals surface area contributed by atoms with Gasteiger partial charge in [0.2, 0.25) is 17.7 Å². The topological polar surface area (TPSA) is 91.4 Å². The van der Waals surface area contributed by atoms with Crippen LogP contribution in [0.25, 0.3) is 0 Å². The van der Waals surface area contributed by atoms with Gasteiger partial charge in [0.25, 0.3) is 0 Å². The Morgan fingerprint density at radius 2 is 1.62 bits per heavy atom. The van der Waals surface area contributed by atoms with Crippen molar-refractivity contribution >= 4 is 29.2 Å². The standard InChI is InChI=1S/C30H34N4O3/c1-21-14-16-23(17-15-21)29(30(37)32-24-10-4-5-11-24)34(25-12-6-3-9-22(25)2)28(36)19-18-27(35)33-26-13-7-8-20-31-26/h3,6-9,12-17,20,24,29H,4-5,10-11,18-19H2,1-2H3,(H,32,37)(H,31,33,35)/t29-/m1/s1. The Labute approximate surface area is 218 Å². The molecule has 0 unspecified atom stereocenters. The van der Waals surface area contributed by atoms with Crippen LogP contribution < -0.4 is 15.5 Å². The van der Waals surface area contributed by atoms with Gasteiger partial charge in [-0.05, 0) is 56.0 Å². The van der Waals surface area contributed by atoms with Gasteiger partial charge in [0.05, 0.1) is 0 Å². The smallest absolute Gasteiger partial charge is 0.248 e. The molecule has 1 heterocycles. The number of carbonyl (C=O) groups is 3. The highest BCUT2D eigenvalue weighted by Crippen LogP contribution is 2.32. The lowest BCUT2D eigenvalue weighted by Crippen LogP contribution is -2.46. The SMILES string of the molecule is Cc1ccc([C@H](C(=O)NC2CCCC2)N(C(=O)CCC(=O)Nc2ccccn2)c2ccccc2C)cc1. The minimum Gasteiger partial charge on any atom is -0.351 e. The van der Waals surface area contributed by atoms with Crippen LogP contribution in [0.15, 0.2) is 72.9 Å². The van der Waals surface area contributed by atoms with E-state index in [1.165, 1.54) is 0 Å². The van der Waals surface area contributed by atoms with Crippen LogP contribution >= 0.6 is 0 Å². The second-order valence-electron chi connectivity index (χ2n) is 9.62. The molecular weight excluding hydrogens is 464 g/mol. The van der Waals surface area contributed by atoms with Crippen molar-refractivity contribution in [3.05, 3.63) is 89.6 Å². The van der Waals surface area contributed by atoms with Crippen molar-refractivity contribution in [1.29, 1.82) is 0 Å². The first-order valence-corrected chi connectivity index (χ1v) is 12.9. The molecule has 192 valence electrons. The molecule has 0 saturated heterocycles. The van der Waals surface area contributed by atoms with E-state index in [0.29, 0.717) is 11.5 Å². The van der Waals surface area contributed by atoms with E-state index >= 15 is 0 Å². The van der Waals surface area contributed by atoms with E-state index in [9.17, 15) is 14.4 Å². The number of carbonyl (C=O) groups excluding carboxylic acids is 3. The van der Waals surface area contributed by atoms with Crippen molar-refractivity contribution in [2.24, 2.45) is 0 Å². The molecule has 0 bridgehead atoms. The highest BCUT2D eigenvalue weighted by molar-refractivity contribution is 6.03. The number of nitrogens with one attached hydrogen (secondary N) is 2. The molecule has 1 aliphatic rings. The van der Waals surface area contributed by atoms with E-state index in [1.807, 2.05) is 62.4 Å². The van der Waals surface area contributed by atoms with E-state index in [4.69, 9.17) is 0 Å². The molecular formula is C30H34N4O3. The van der Waals surface area contributed by atoms with Crippen LogP contribution in [0.3, 0.4) is 0 Å². The van der Waals surface area contributed by atoms with E-state index < -0.39 is 6.04 Å². The van der Waals surface area contributed by atoms with Crippen molar-refractivity contribution < 1.29 is 14.4 Å². The number of benzene rings is 2. The minimum atomic E-state index is -0.853. The maximum absolute atomic E-state index is 13.8. The largest absolute Gasteiger partial charge is 0.351 e. The molecule has 0 radical (unpaired) electrons. The second kappa shape index (κ2) is 12.3. The fourth-order valence-corrected chi connectivity index (χ4v) is 4.75. The fraction of sp³-hybridized carbons (Fsp3) is 0.333. The Bertz CT molecular complexity index is 1220. The van der Waals surface area contributed by atoms with Gasteiger partial charge in [-0.1, -0.05) is 66.9 Å². The maximum Gasteiger partial charge on any atom is 0.248 e. The predicted octanol–water partition coefficient (Wildman–Crippen LogP) is 5.25. The molecule has 7 nitrogen and oxygen atoms in total. The molecule has 3 aromatic rings. The minimum absolute atomic E-state index is 0.0251. The lowest BCUT2D eigenvalue weighted by molar-refractivity contribution is -0.127. The highest BCUT2D eigenvalue weighted by atomic mass is 16.2. The lowest BCUT2D eigenvalue weighted by Gasteiger charge is -2.33. The summed E-state index contributed by atoms with van der Waals surface area (Å²) in [5, 5.41) is 5.92. The summed E-state index contributed by atoms with van der Waals surface area (Å²) in [7, 11) is 0. The van der Waals surface area contributed by atoms with Crippen LogP contribution in [0.2, 0.25) is 0 Å². The number of anilines is 2. The van der Waals surface area contributed by atoms with Crippen molar-refractivity contribution in [3.63, 3.8) is 0 Å². The summed E-state index contributed by atoms with van der Waals surface area (Å²) < 4.78 is 0. The number of amides is 3. The maximum atomic E-state index is 13.8. The highest BCUT2D eigenvalue weighted by Gasteiger charge is 2.34. The second-order valence-corrected chi connectivity index (χ2v) is 9.62. The number of para-hydroxylation sites is 1. The number of hydrogen-bond acceptors (Lipinski definition) is 4. The molecule has 2 aromatic carbocycles.